The molecule has 0 fully saturated rings. The summed E-state index contributed by atoms with van der Waals surface area (Å²) in [7, 11) is 0. The van der Waals surface area contributed by atoms with Gasteiger partial charge in [-0.05, 0) is 34.9 Å². The van der Waals surface area contributed by atoms with Crippen molar-refractivity contribution in [1.82, 2.24) is 0 Å². The maximum absolute atomic E-state index is 9.05. The van der Waals surface area contributed by atoms with Crippen molar-refractivity contribution in [2.24, 2.45) is 0 Å². The van der Waals surface area contributed by atoms with Crippen LogP contribution in [0.5, 0.6) is 0 Å². The van der Waals surface area contributed by atoms with Crippen molar-refractivity contribution in [2.75, 3.05) is 0 Å². The SMILES string of the molecule is N#Cc1ccc(-c2ccccc2)c(-c2ccoc2)c1. The fourth-order valence-electron chi connectivity index (χ4n) is 2.14. The molecule has 0 saturated carbocycles. The zero-order valence-electron chi connectivity index (χ0n) is 10.2. The average molecular weight is 245 g/mol. The van der Waals surface area contributed by atoms with Crippen LogP contribution in [0.2, 0.25) is 0 Å². The van der Waals surface area contributed by atoms with Crippen LogP contribution in [-0.2, 0) is 0 Å². The molecule has 3 rings (SSSR count). The van der Waals surface area contributed by atoms with Crippen molar-refractivity contribution in [3.63, 3.8) is 0 Å². The molecule has 0 unspecified atom stereocenters. The van der Waals surface area contributed by atoms with E-state index in [1.807, 2.05) is 42.5 Å². The van der Waals surface area contributed by atoms with Crippen LogP contribution >= 0.6 is 0 Å². The molecule has 2 heteroatoms. The Hall–Kier alpha value is -2.79. The molecule has 0 saturated heterocycles. The van der Waals surface area contributed by atoms with Crippen LogP contribution in [0, 0.1) is 11.3 Å². The van der Waals surface area contributed by atoms with Crippen molar-refractivity contribution in [2.45, 2.75) is 0 Å². The van der Waals surface area contributed by atoms with Gasteiger partial charge in [0.15, 0.2) is 0 Å². The Kier molecular flexibility index (Phi) is 2.88. The van der Waals surface area contributed by atoms with Crippen LogP contribution in [0.1, 0.15) is 5.56 Å². The van der Waals surface area contributed by atoms with E-state index in [1.165, 1.54) is 0 Å². The number of benzene rings is 2. The molecule has 0 aliphatic rings. The van der Waals surface area contributed by atoms with E-state index >= 15 is 0 Å². The highest BCUT2D eigenvalue weighted by Gasteiger charge is 2.09. The highest BCUT2D eigenvalue weighted by atomic mass is 16.3. The second-order valence-corrected chi connectivity index (χ2v) is 4.25. The van der Waals surface area contributed by atoms with Gasteiger partial charge in [-0.15, -0.1) is 0 Å². The Morgan fingerprint density at radius 2 is 1.68 bits per heavy atom. The minimum absolute atomic E-state index is 0.649. The lowest BCUT2D eigenvalue weighted by Crippen LogP contribution is -1.85. The third kappa shape index (κ3) is 2.14. The molecule has 1 heterocycles. The molecule has 3 aromatic rings. The van der Waals surface area contributed by atoms with Gasteiger partial charge in [-0.3, -0.25) is 0 Å². The summed E-state index contributed by atoms with van der Waals surface area (Å²) in [5.74, 6) is 0. The van der Waals surface area contributed by atoms with Gasteiger partial charge in [0.1, 0.15) is 0 Å². The Morgan fingerprint density at radius 3 is 2.37 bits per heavy atom. The van der Waals surface area contributed by atoms with Crippen LogP contribution in [0.25, 0.3) is 22.3 Å². The lowest BCUT2D eigenvalue weighted by Gasteiger charge is -2.08. The zero-order chi connectivity index (χ0) is 13.1. The van der Waals surface area contributed by atoms with E-state index in [9.17, 15) is 0 Å². The van der Waals surface area contributed by atoms with Gasteiger partial charge in [-0.2, -0.15) is 5.26 Å². The fraction of sp³-hybridized carbons (Fsp3) is 0. The number of hydrogen-bond acceptors (Lipinski definition) is 2. The normalized spacial score (nSPS) is 10.1. The quantitative estimate of drug-likeness (QED) is 0.667. The summed E-state index contributed by atoms with van der Waals surface area (Å²) in [6, 6.07) is 19.9. The van der Waals surface area contributed by atoms with E-state index in [0.29, 0.717) is 5.56 Å². The first-order valence-electron chi connectivity index (χ1n) is 6.00. The van der Waals surface area contributed by atoms with Crippen LogP contribution in [0.4, 0.5) is 0 Å². The topological polar surface area (TPSA) is 36.9 Å². The van der Waals surface area contributed by atoms with Crippen LogP contribution in [0.15, 0.2) is 71.5 Å². The third-order valence-electron chi connectivity index (χ3n) is 3.07. The minimum Gasteiger partial charge on any atom is -0.472 e. The van der Waals surface area contributed by atoms with Gasteiger partial charge in [0.25, 0.3) is 0 Å². The number of hydrogen-bond donors (Lipinski definition) is 0. The summed E-state index contributed by atoms with van der Waals surface area (Å²) in [6.07, 6.45) is 3.34. The molecule has 0 bridgehead atoms. The monoisotopic (exact) mass is 245 g/mol. The molecule has 2 aromatic carbocycles. The predicted octanol–water partition coefficient (Wildman–Crippen LogP) is 4.49. The molecular formula is C17H11NO. The Bertz CT molecular complexity index is 722. The standard InChI is InChI=1S/C17H11NO/c18-11-13-6-7-16(14-4-2-1-3-5-14)17(10-13)15-8-9-19-12-15/h1-10,12H. The summed E-state index contributed by atoms with van der Waals surface area (Å²) in [5.41, 5.74) is 4.87. The smallest absolute Gasteiger partial charge is 0.0991 e. The van der Waals surface area contributed by atoms with Crippen LogP contribution in [0.3, 0.4) is 0 Å². The van der Waals surface area contributed by atoms with Crippen LogP contribution in [-0.4, -0.2) is 0 Å². The second-order valence-electron chi connectivity index (χ2n) is 4.25. The molecular weight excluding hydrogens is 234 g/mol. The van der Waals surface area contributed by atoms with E-state index in [4.69, 9.17) is 9.68 Å². The first kappa shape index (κ1) is 11.3. The molecule has 2 nitrogen and oxygen atoms in total. The van der Waals surface area contributed by atoms with E-state index < -0.39 is 0 Å². The Morgan fingerprint density at radius 1 is 0.842 bits per heavy atom. The summed E-state index contributed by atoms with van der Waals surface area (Å²) in [5, 5.41) is 9.05. The Labute approximate surface area is 111 Å². The molecule has 0 aliphatic carbocycles. The van der Waals surface area contributed by atoms with E-state index in [1.54, 1.807) is 12.5 Å². The molecule has 0 spiro atoms. The van der Waals surface area contributed by atoms with Gasteiger partial charge in [0.05, 0.1) is 24.2 Å². The van der Waals surface area contributed by atoms with Crippen molar-refractivity contribution < 1.29 is 4.42 Å². The van der Waals surface area contributed by atoms with Crippen molar-refractivity contribution in [1.29, 1.82) is 5.26 Å². The number of nitrogens with zero attached hydrogens (tertiary/aromatic N) is 1. The number of nitriles is 1. The molecule has 0 amide bonds. The van der Waals surface area contributed by atoms with Gasteiger partial charge >= 0.3 is 0 Å². The zero-order valence-corrected chi connectivity index (χ0v) is 10.2. The Balaban J connectivity index is 2.23. The molecule has 0 atom stereocenters. The first-order chi connectivity index (χ1) is 9.38. The maximum atomic E-state index is 9.05. The second kappa shape index (κ2) is 4.83. The van der Waals surface area contributed by atoms with Gasteiger partial charge < -0.3 is 4.42 Å². The largest absolute Gasteiger partial charge is 0.472 e. The van der Waals surface area contributed by atoms with Gasteiger partial charge in [0.2, 0.25) is 0 Å². The summed E-state index contributed by atoms with van der Waals surface area (Å²) in [4.78, 5) is 0. The van der Waals surface area contributed by atoms with E-state index in [-0.39, 0.29) is 0 Å². The summed E-state index contributed by atoms with van der Waals surface area (Å²) < 4.78 is 5.15. The molecule has 1 aromatic heterocycles. The predicted molar refractivity (Wildman–Crippen MR) is 74.3 cm³/mol. The summed E-state index contributed by atoms with van der Waals surface area (Å²) >= 11 is 0. The average Bonchev–Trinajstić information content (AvgIpc) is 3.01. The molecule has 0 aliphatic heterocycles. The fourth-order valence-corrected chi connectivity index (χ4v) is 2.14. The highest BCUT2D eigenvalue weighted by molar-refractivity contribution is 5.83. The third-order valence-corrected chi connectivity index (χ3v) is 3.07. The summed E-state index contributed by atoms with van der Waals surface area (Å²) in [6.45, 7) is 0. The van der Waals surface area contributed by atoms with Gasteiger partial charge in [0, 0.05) is 5.56 Å². The lowest BCUT2D eigenvalue weighted by atomic mass is 9.94. The molecule has 90 valence electrons. The number of furan rings is 1. The van der Waals surface area contributed by atoms with E-state index in [0.717, 1.165) is 22.3 Å². The lowest BCUT2D eigenvalue weighted by molar-refractivity contribution is 0.568. The van der Waals surface area contributed by atoms with Crippen molar-refractivity contribution in [3.05, 3.63) is 72.7 Å². The van der Waals surface area contributed by atoms with Gasteiger partial charge in [-0.25, -0.2) is 0 Å². The molecule has 0 radical (unpaired) electrons. The maximum Gasteiger partial charge on any atom is 0.0991 e. The molecule has 19 heavy (non-hydrogen) atoms. The van der Waals surface area contributed by atoms with Gasteiger partial charge in [-0.1, -0.05) is 36.4 Å². The molecule has 0 N–H and O–H groups in total. The van der Waals surface area contributed by atoms with E-state index in [2.05, 4.69) is 18.2 Å². The highest BCUT2D eigenvalue weighted by Crippen LogP contribution is 2.33. The van der Waals surface area contributed by atoms with Crippen LogP contribution < -0.4 is 0 Å². The first-order valence-corrected chi connectivity index (χ1v) is 6.00. The van der Waals surface area contributed by atoms with Crippen molar-refractivity contribution in [3.8, 4) is 28.3 Å². The number of rotatable bonds is 2. The van der Waals surface area contributed by atoms with Crippen molar-refractivity contribution >= 4 is 0 Å². The minimum atomic E-state index is 0.649.